The maximum Gasteiger partial charge on any atom is 2.00 e. The van der Waals surface area contributed by atoms with Crippen molar-refractivity contribution in [2.45, 2.75) is 199 Å². The Morgan fingerprint density at radius 3 is 1.48 bits per heavy atom. The summed E-state index contributed by atoms with van der Waals surface area (Å²) in [7, 11) is 0. The van der Waals surface area contributed by atoms with E-state index < -0.39 is 36.6 Å². The number of aliphatic hydroxyl groups excluding tert-OH is 6. The van der Waals surface area contributed by atoms with Crippen LogP contribution in [-0.4, -0.2) is 91.2 Å². The summed E-state index contributed by atoms with van der Waals surface area (Å²) >= 11 is 0. The van der Waals surface area contributed by atoms with Crippen molar-refractivity contribution in [1.29, 1.82) is 0 Å². The van der Waals surface area contributed by atoms with Crippen LogP contribution in [0.3, 0.4) is 0 Å². The third-order valence-corrected chi connectivity index (χ3v) is 8.05. The average Bonchev–Trinajstić information content (AvgIpc) is 3.60. The Hall–Kier alpha value is 0.159. The fourth-order valence-electron chi connectivity index (χ4n) is 5.68. The molecule has 272 valence electrons. The predicted octanol–water partition coefficient (Wildman–Crippen LogP) is 5.30. The molecule has 1 saturated heterocycles. The van der Waals surface area contributed by atoms with Crippen LogP contribution in [0.4, 0.5) is 0 Å². The second-order valence-corrected chi connectivity index (χ2v) is 12.2. The molecule has 0 radical (unpaired) electrons. The van der Waals surface area contributed by atoms with Gasteiger partial charge in [0.05, 0.1) is 48.8 Å². The largest absolute Gasteiger partial charge is 2.00 e. The topological polar surface area (TPSA) is 171 Å². The Labute approximate surface area is 282 Å². The van der Waals surface area contributed by atoms with E-state index >= 15 is 0 Å². The standard InChI is InChI=1S/C16H30O4.C10H22O4.C5H10.CH4.2CH3.Fe.H2O/c1-3-13(17)9-14(18)10-15-8-11(2)19-16(20-15)12-6-4-5-7-12;1-3-8(12)5-10(14)6-9(13)4-7(2)11;1-2-4-5-3-1;;;;;/h11-18H,3-10H2,1-2H3;7-14H,3-6H2,1-2H3;1-5H2;1H4;2*1H3;;1H2/q;;;;2*-1;+2;. The molecule has 44 heavy (non-hydrogen) atoms. The molecule has 9 atom stereocenters. The molecule has 2 saturated carbocycles. The molecule has 3 rings (SSSR count). The summed E-state index contributed by atoms with van der Waals surface area (Å²) in [5.41, 5.74) is 0. The van der Waals surface area contributed by atoms with Crippen LogP contribution in [0.1, 0.15) is 144 Å². The normalized spacial score (nSPS) is 25.1. The molecule has 3 aliphatic rings. The first kappa shape index (κ1) is 53.6. The minimum atomic E-state index is -0.700. The first-order valence-electron chi connectivity index (χ1n) is 15.9. The van der Waals surface area contributed by atoms with Gasteiger partial charge in [0, 0.05) is 5.92 Å². The zero-order valence-corrected chi connectivity index (χ0v) is 29.3. The van der Waals surface area contributed by atoms with E-state index in [9.17, 15) is 25.5 Å². The number of hydrogen-bond acceptors (Lipinski definition) is 8. The van der Waals surface area contributed by atoms with Gasteiger partial charge in [-0.15, -0.1) is 0 Å². The first-order chi connectivity index (χ1) is 18.5. The molecule has 1 heterocycles. The van der Waals surface area contributed by atoms with E-state index in [0.717, 1.165) is 6.42 Å². The van der Waals surface area contributed by atoms with E-state index in [1.54, 1.807) is 6.92 Å². The van der Waals surface area contributed by atoms with Crippen molar-refractivity contribution in [1.82, 2.24) is 0 Å². The summed E-state index contributed by atoms with van der Waals surface area (Å²) in [4.78, 5) is 0. The maximum atomic E-state index is 10.1. The number of aliphatic hydroxyl groups is 6. The van der Waals surface area contributed by atoms with Crippen molar-refractivity contribution >= 4 is 0 Å². The smallest absolute Gasteiger partial charge is 0.412 e. The van der Waals surface area contributed by atoms with Gasteiger partial charge in [-0.2, -0.15) is 0 Å². The summed E-state index contributed by atoms with van der Waals surface area (Å²) in [5, 5.41) is 56.7. The van der Waals surface area contributed by atoms with Gasteiger partial charge in [-0.1, -0.05) is 66.2 Å². The van der Waals surface area contributed by atoms with Gasteiger partial charge in [0.1, 0.15) is 0 Å². The molecule has 0 bridgehead atoms. The average molecular weight is 683 g/mol. The fraction of sp³-hybridized carbons (Fsp3) is 0.941. The van der Waals surface area contributed by atoms with E-state index in [4.69, 9.17) is 14.6 Å². The van der Waals surface area contributed by atoms with Gasteiger partial charge >= 0.3 is 17.1 Å². The monoisotopic (exact) mass is 682 g/mol. The zero-order valence-electron chi connectivity index (χ0n) is 28.1. The van der Waals surface area contributed by atoms with Crippen molar-refractivity contribution in [2.24, 2.45) is 5.92 Å². The third kappa shape index (κ3) is 26.3. The van der Waals surface area contributed by atoms with Crippen LogP contribution in [0.5, 0.6) is 0 Å². The van der Waals surface area contributed by atoms with Gasteiger partial charge < -0.3 is 60.4 Å². The summed E-state index contributed by atoms with van der Waals surface area (Å²) in [5.74, 6) is 0.527. The zero-order chi connectivity index (χ0) is 29.2. The van der Waals surface area contributed by atoms with Crippen LogP contribution in [0.15, 0.2) is 0 Å². The SMILES string of the molecule is C.C1CCCC1.CCC(O)CC(O)CC(O)CC(C)O.CCC(O)CC(O)CC1CC(C)OC(C2CCCC2)O1.O.[CH3-].[CH3-].[Fe+2]. The molecular weight excluding hydrogens is 608 g/mol. The molecule has 2 aliphatic carbocycles. The maximum absolute atomic E-state index is 10.1. The van der Waals surface area contributed by atoms with Crippen LogP contribution >= 0.6 is 0 Å². The van der Waals surface area contributed by atoms with Crippen LogP contribution in [0.25, 0.3) is 0 Å². The van der Waals surface area contributed by atoms with Crippen molar-refractivity contribution in [2.75, 3.05) is 0 Å². The second-order valence-electron chi connectivity index (χ2n) is 12.2. The van der Waals surface area contributed by atoms with E-state index in [-0.39, 0.29) is 82.6 Å². The number of rotatable bonds is 13. The van der Waals surface area contributed by atoms with Gasteiger partial charge in [0.25, 0.3) is 0 Å². The number of hydrogen-bond donors (Lipinski definition) is 6. The summed E-state index contributed by atoms with van der Waals surface area (Å²) in [6, 6.07) is 0. The molecule has 9 unspecified atom stereocenters. The van der Waals surface area contributed by atoms with Gasteiger partial charge in [-0.05, 0) is 78.1 Å². The second kappa shape index (κ2) is 31.7. The molecule has 10 heteroatoms. The van der Waals surface area contributed by atoms with Crippen LogP contribution in [0.2, 0.25) is 0 Å². The van der Waals surface area contributed by atoms with Gasteiger partial charge in [-0.25, -0.2) is 0 Å². The molecule has 0 spiro atoms. The van der Waals surface area contributed by atoms with Gasteiger partial charge in [0.2, 0.25) is 0 Å². The van der Waals surface area contributed by atoms with Crippen LogP contribution < -0.4 is 0 Å². The summed E-state index contributed by atoms with van der Waals surface area (Å²) < 4.78 is 12.0. The van der Waals surface area contributed by atoms with E-state index in [2.05, 4.69) is 6.92 Å². The molecule has 0 aromatic rings. The fourth-order valence-corrected chi connectivity index (χ4v) is 5.68. The molecule has 1 aliphatic heterocycles. The Balaban J connectivity index is -0.000000187. The minimum absolute atomic E-state index is 0. The summed E-state index contributed by atoms with van der Waals surface area (Å²) in [6.45, 7) is 7.45. The Bertz CT molecular complexity index is 569. The van der Waals surface area contributed by atoms with Crippen molar-refractivity contribution < 1.29 is 62.7 Å². The van der Waals surface area contributed by atoms with Crippen molar-refractivity contribution in [3.8, 4) is 0 Å². The van der Waals surface area contributed by atoms with Crippen LogP contribution in [-0.2, 0) is 26.5 Å². The van der Waals surface area contributed by atoms with Crippen molar-refractivity contribution in [3.05, 3.63) is 14.9 Å². The molecule has 8 N–H and O–H groups in total. The number of ether oxygens (including phenoxy) is 2. The van der Waals surface area contributed by atoms with E-state index in [1.165, 1.54) is 57.8 Å². The predicted molar refractivity (Wildman–Crippen MR) is 177 cm³/mol. The van der Waals surface area contributed by atoms with E-state index in [0.29, 0.717) is 31.6 Å². The molecule has 0 amide bonds. The van der Waals surface area contributed by atoms with Gasteiger partial charge in [-0.3, -0.25) is 0 Å². The molecule has 3 fully saturated rings. The van der Waals surface area contributed by atoms with Gasteiger partial charge in [0.15, 0.2) is 6.29 Å². The van der Waals surface area contributed by atoms with Crippen molar-refractivity contribution in [3.63, 3.8) is 0 Å². The Kier molecular flexibility index (Phi) is 38.7. The first-order valence-corrected chi connectivity index (χ1v) is 15.9. The summed E-state index contributed by atoms with van der Waals surface area (Å²) in [6.07, 6.45) is 13.2. The molecule has 0 aromatic heterocycles. The van der Waals surface area contributed by atoms with E-state index in [1.807, 2.05) is 13.8 Å². The van der Waals surface area contributed by atoms with Crippen LogP contribution in [0, 0.1) is 20.8 Å². The minimum Gasteiger partial charge on any atom is -0.412 e. The molecule has 0 aromatic carbocycles. The Morgan fingerprint density at radius 1 is 0.636 bits per heavy atom. The quantitative estimate of drug-likeness (QED) is 0.112. The molecule has 9 nitrogen and oxygen atoms in total. The molecular formula is C34H74FeO9. The third-order valence-electron chi connectivity index (χ3n) is 8.05. The Morgan fingerprint density at radius 2 is 1.05 bits per heavy atom.